The molecule has 1 aliphatic rings. The number of nitrogen functional groups attached to an aromatic ring is 2. The van der Waals surface area contributed by atoms with Crippen molar-refractivity contribution in [3.8, 4) is 22.4 Å². The van der Waals surface area contributed by atoms with Crippen LogP contribution in [0.2, 0.25) is 0 Å². The predicted molar refractivity (Wildman–Crippen MR) is 125 cm³/mol. The van der Waals surface area contributed by atoms with Crippen LogP contribution < -0.4 is 11.5 Å². The Kier molecular flexibility index (Phi) is 4.59. The maximum Gasteiger partial charge on any atom is 0.221 e. The quantitative estimate of drug-likeness (QED) is 0.348. The van der Waals surface area contributed by atoms with Gasteiger partial charge in [0.05, 0.1) is 17.6 Å². The number of anilines is 1. The molecule has 0 radical (unpaired) electrons. The van der Waals surface area contributed by atoms with Gasteiger partial charge in [0.1, 0.15) is 5.84 Å². The van der Waals surface area contributed by atoms with Crippen LogP contribution >= 0.6 is 0 Å². The molecule has 0 fully saturated rings. The Labute approximate surface area is 180 Å². The summed E-state index contributed by atoms with van der Waals surface area (Å²) < 4.78 is 1.63. The minimum absolute atomic E-state index is 0.0847. The minimum Gasteiger partial charge on any atom is -0.384 e. The highest BCUT2D eigenvalue weighted by Crippen LogP contribution is 2.28. The van der Waals surface area contributed by atoms with Crippen molar-refractivity contribution >= 4 is 17.5 Å². The molecular formula is C25H22N6. The van der Waals surface area contributed by atoms with Gasteiger partial charge >= 0.3 is 0 Å². The molecule has 0 saturated heterocycles. The van der Waals surface area contributed by atoms with E-state index >= 15 is 0 Å². The Morgan fingerprint density at radius 1 is 0.871 bits per heavy atom. The van der Waals surface area contributed by atoms with Gasteiger partial charge in [0.15, 0.2) is 0 Å². The zero-order chi connectivity index (χ0) is 21.4. The number of hydrogen-bond donors (Lipinski definition) is 3. The van der Waals surface area contributed by atoms with Gasteiger partial charge in [-0.1, -0.05) is 72.8 Å². The SMILES string of the molecule is N=C(N)c1cccc2c1CCC2=Nn1cc(-c2ccc(-c3ccccc3)cc2)nc1N. The van der Waals surface area contributed by atoms with Gasteiger partial charge < -0.3 is 11.5 Å². The molecule has 152 valence electrons. The number of benzene rings is 3. The highest BCUT2D eigenvalue weighted by atomic mass is 15.4. The normalized spacial score (nSPS) is 14.0. The van der Waals surface area contributed by atoms with Gasteiger partial charge in [-0.3, -0.25) is 5.41 Å². The third-order valence-electron chi connectivity index (χ3n) is 5.62. The van der Waals surface area contributed by atoms with Crippen LogP contribution in [0, 0.1) is 5.41 Å². The van der Waals surface area contributed by atoms with Gasteiger partial charge in [-0.25, -0.2) is 9.66 Å². The van der Waals surface area contributed by atoms with E-state index in [9.17, 15) is 0 Å². The maximum atomic E-state index is 7.80. The van der Waals surface area contributed by atoms with Gasteiger partial charge in [0.25, 0.3) is 0 Å². The summed E-state index contributed by atoms with van der Waals surface area (Å²) in [6.07, 6.45) is 3.44. The Balaban J connectivity index is 1.45. The van der Waals surface area contributed by atoms with Crippen molar-refractivity contribution in [1.82, 2.24) is 9.66 Å². The maximum absolute atomic E-state index is 7.80. The molecule has 1 heterocycles. The highest BCUT2D eigenvalue weighted by Gasteiger charge is 2.22. The molecule has 0 atom stereocenters. The molecule has 6 heteroatoms. The average Bonchev–Trinajstić information content (AvgIpc) is 3.38. The minimum atomic E-state index is 0.0847. The topological polar surface area (TPSA) is 106 Å². The summed E-state index contributed by atoms with van der Waals surface area (Å²) in [5.41, 5.74) is 19.8. The van der Waals surface area contributed by atoms with Crippen LogP contribution in [0.4, 0.5) is 5.95 Å². The van der Waals surface area contributed by atoms with Crippen LogP contribution in [0.3, 0.4) is 0 Å². The molecule has 1 aliphatic carbocycles. The van der Waals surface area contributed by atoms with Gasteiger partial charge in [-0.2, -0.15) is 5.10 Å². The van der Waals surface area contributed by atoms with E-state index in [0.29, 0.717) is 5.95 Å². The summed E-state index contributed by atoms with van der Waals surface area (Å²) in [4.78, 5) is 4.51. The smallest absolute Gasteiger partial charge is 0.221 e. The Hall–Kier alpha value is -4.19. The molecule has 5 rings (SSSR count). The van der Waals surface area contributed by atoms with Gasteiger partial charge in [-0.05, 0) is 29.5 Å². The number of imidazole rings is 1. The number of aromatic nitrogens is 2. The lowest BCUT2D eigenvalue weighted by Gasteiger charge is -2.06. The predicted octanol–water partition coefficient (Wildman–Crippen LogP) is 4.28. The third kappa shape index (κ3) is 3.48. The van der Waals surface area contributed by atoms with Crippen LogP contribution in [-0.4, -0.2) is 21.2 Å². The first-order valence-electron chi connectivity index (χ1n) is 10.2. The van der Waals surface area contributed by atoms with Crippen LogP contribution in [0.15, 0.2) is 84.1 Å². The first-order chi connectivity index (χ1) is 15.1. The molecule has 0 amide bonds. The number of nitrogens with zero attached hydrogens (tertiary/aromatic N) is 3. The lowest BCUT2D eigenvalue weighted by molar-refractivity contribution is 0.883. The van der Waals surface area contributed by atoms with Crippen molar-refractivity contribution in [3.63, 3.8) is 0 Å². The van der Waals surface area contributed by atoms with Gasteiger partial charge in [0, 0.05) is 16.7 Å². The second kappa shape index (κ2) is 7.57. The summed E-state index contributed by atoms with van der Waals surface area (Å²) in [6.45, 7) is 0. The van der Waals surface area contributed by atoms with Crippen LogP contribution in [-0.2, 0) is 6.42 Å². The fourth-order valence-corrected chi connectivity index (χ4v) is 4.06. The molecule has 4 aromatic rings. The number of nitrogens with two attached hydrogens (primary N) is 2. The van der Waals surface area contributed by atoms with Crippen LogP contribution in [0.25, 0.3) is 22.4 Å². The summed E-state index contributed by atoms with van der Waals surface area (Å²) in [5.74, 6) is 0.423. The van der Waals surface area contributed by atoms with E-state index in [1.54, 1.807) is 4.68 Å². The van der Waals surface area contributed by atoms with Crippen molar-refractivity contribution in [1.29, 1.82) is 5.41 Å². The lowest BCUT2D eigenvalue weighted by atomic mass is 10.0. The van der Waals surface area contributed by atoms with Crippen molar-refractivity contribution in [3.05, 3.63) is 95.7 Å². The molecule has 0 aliphatic heterocycles. The number of fused-ring (bicyclic) bond motifs is 1. The standard InChI is InChI=1S/C25H22N6/c26-24(27)21-8-4-7-20-19(21)13-14-22(20)30-31-15-23(29-25(31)28)18-11-9-17(10-12-18)16-5-2-1-3-6-16/h1-12,15H,13-14H2,(H3,26,27)(H2,28,29). The third-order valence-corrected chi connectivity index (χ3v) is 5.62. The van der Waals surface area contributed by atoms with E-state index in [-0.39, 0.29) is 5.84 Å². The van der Waals surface area contributed by atoms with Crippen molar-refractivity contribution in [2.75, 3.05) is 5.73 Å². The highest BCUT2D eigenvalue weighted by molar-refractivity contribution is 6.08. The molecule has 6 nitrogen and oxygen atoms in total. The monoisotopic (exact) mass is 406 g/mol. The summed E-state index contributed by atoms with van der Waals surface area (Å²) in [7, 11) is 0. The molecule has 0 bridgehead atoms. The van der Waals surface area contributed by atoms with E-state index in [1.807, 2.05) is 54.7 Å². The van der Waals surface area contributed by atoms with E-state index < -0.39 is 0 Å². The van der Waals surface area contributed by atoms with E-state index in [1.165, 1.54) is 5.56 Å². The second-order valence-corrected chi connectivity index (χ2v) is 7.56. The Bertz CT molecular complexity index is 1300. The fraction of sp³-hybridized carbons (Fsp3) is 0.0800. The van der Waals surface area contributed by atoms with E-state index in [0.717, 1.165) is 52.1 Å². The zero-order valence-electron chi connectivity index (χ0n) is 16.9. The summed E-state index contributed by atoms with van der Waals surface area (Å²) in [5, 5.41) is 12.5. The fourth-order valence-electron chi connectivity index (χ4n) is 4.06. The Morgan fingerprint density at radius 2 is 1.58 bits per heavy atom. The molecule has 1 aromatic heterocycles. The summed E-state index contributed by atoms with van der Waals surface area (Å²) >= 11 is 0. The molecule has 5 N–H and O–H groups in total. The molecule has 0 saturated carbocycles. The first-order valence-corrected chi connectivity index (χ1v) is 10.2. The number of amidine groups is 1. The number of hydrogen-bond acceptors (Lipinski definition) is 4. The molecule has 0 spiro atoms. The largest absolute Gasteiger partial charge is 0.384 e. The van der Waals surface area contributed by atoms with Crippen molar-refractivity contribution < 1.29 is 0 Å². The molecular weight excluding hydrogens is 384 g/mol. The van der Waals surface area contributed by atoms with Crippen molar-refractivity contribution in [2.24, 2.45) is 10.8 Å². The van der Waals surface area contributed by atoms with E-state index in [2.05, 4.69) is 29.2 Å². The summed E-state index contributed by atoms with van der Waals surface area (Å²) in [6, 6.07) is 24.3. The number of nitrogens with one attached hydrogen (secondary N) is 1. The van der Waals surface area contributed by atoms with Crippen LogP contribution in [0.5, 0.6) is 0 Å². The molecule has 31 heavy (non-hydrogen) atoms. The molecule has 0 unspecified atom stereocenters. The average molecular weight is 406 g/mol. The van der Waals surface area contributed by atoms with Gasteiger partial charge in [-0.15, -0.1) is 0 Å². The van der Waals surface area contributed by atoms with Crippen molar-refractivity contribution in [2.45, 2.75) is 12.8 Å². The van der Waals surface area contributed by atoms with E-state index in [4.69, 9.17) is 22.0 Å². The van der Waals surface area contributed by atoms with Gasteiger partial charge in [0.2, 0.25) is 5.95 Å². The van der Waals surface area contributed by atoms with Crippen LogP contribution in [0.1, 0.15) is 23.1 Å². The first kappa shape index (κ1) is 18.8. The zero-order valence-corrected chi connectivity index (χ0v) is 16.9. The Morgan fingerprint density at radius 3 is 2.32 bits per heavy atom. The second-order valence-electron chi connectivity index (χ2n) is 7.56. The molecule has 3 aromatic carbocycles. The number of rotatable bonds is 4. The lowest BCUT2D eigenvalue weighted by Crippen LogP contribution is -2.13.